The van der Waals surface area contributed by atoms with Crippen LogP contribution in [0.25, 0.3) is 0 Å². The van der Waals surface area contributed by atoms with Gasteiger partial charge in [-0.15, -0.1) is 0 Å². The lowest BCUT2D eigenvalue weighted by Crippen LogP contribution is -2.10. The maximum Gasteiger partial charge on any atom is 0.0380 e. The van der Waals surface area contributed by atoms with E-state index < -0.39 is 0 Å². The molecule has 0 aliphatic rings. The SMILES string of the molecule is C[Si](C)C[Si]C[Si](C)C. The van der Waals surface area contributed by atoms with E-state index in [1.807, 2.05) is 0 Å². The van der Waals surface area contributed by atoms with Crippen LogP contribution in [0, 0.1) is 0 Å². The summed E-state index contributed by atoms with van der Waals surface area (Å²) in [7, 11) is 1.48. The van der Waals surface area contributed by atoms with Crippen molar-refractivity contribution in [1.29, 1.82) is 0 Å². The van der Waals surface area contributed by atoms with E-state index in [-0.39, 0.29) is 17.6 Å². The van der Waals surface area contributed by atoms with E-state index in [0.717, 1.165) is 0 Å². The van der Waals surface area contributed by atoms with Crippen LogP contribution in [0.3, 0.4) is 0 Å². The van der Waals surface area contributed by atoms with E-state index in [9.17, 15) is 0 Å². The topological polar surface area (TPSA) is 0 Å². The first-order chi connectivity index (χ1) is 4.13. The summed E-state index contributed by atoms with van der Waals surface area (Å²) >= 11 is 0. The average Bonchev–Trinajstić information content (AvgIpc) is 1.63. The van der Waals surface area contributed by atoms with Crippen LogP contribution in [-0.2, 0) is 0 Å². The Labute approximate surface area is 65.1 Å². The normalized spacial score (nSPS) is 11.3. The molecule has 3 heteroatoms. The summed E-state index contributed by atoms with van der Waals surface area (Å²) < 4.78 is 0. The highest BCUT2D eigenvalue weighted by Crippen LogP contribution is 1.94. The van der Waals surface area contributed by atoms with Crippen LogP contribution in [0.2, 0.25) is 37.5 Å². The van der Waals surface area contributed by atoms with Gasteiger partial charge in [-0.3, -0.25) is 0 Å². The molecular weight excluding hydrogens is 156 g/mol. The van der Waals surface area contributed by atoms with Gasteiger partial charge in [-0.2, -0.15) is 0 Å². The molecule has 0 heterocycles. The Bertz CT molecular complexity index is 53.3. The van der Waals surface area contributed by atoms with Gasteiger partial charge in [-0.05, 0) is 0 Å². The van der Waals surface area contributed by atoms with Crippen LogP contribution in [0.15, 0.2) is 0 Å². The van der Waals surface area contributed by atoms with Gasteiger partial charge in [-0.1, -0.05) is 37.5 Å². The van der Waals surface area contributed by atoms with E-state index in [4.69, 9.17) is 0 Å². The Balaban J connectivity index is 2.91. The third-order valence-electron chi connectivity index (χ3n) is 0.957. The van der Waals surface area contributed by atoms with Gasteiger partial charge >= 0.3 is 0 Å². The molecule has 0 rings (SSSR count). The lowest BCUT2D eigenvalue weighted by Gasteiger charge is -2.02. The van der Waals surface area contributed by atoms with Gasteiger partial charge in [0, 0.05) is 27.1 Å². The van der Waals surface area contributed by atoms with Crippen molar-refractivity contribution in [2.24, 2.45) is 0 Å². The van der Waals surface area contributed by atoms with Gasteiger partial charge < -0.3 is 0 Å². The molecule has 0 nitrogen and oxygen atoms in total. The average molecular weight is 172 g/mol. The zero-order chi connectivity index (χ0) is 7.28. The highest BCUT2D eigenvalue weighted by molar-refractivity contribution is 6.75. The lowest BCUT2D eigenvalue weighted by atomic mass is 11.8. The van der Waals surface area contributed by atoms with Crippen LogP contribution in [0.4, 0.5) is 0 Å². The second-order valence-electron chi connectivity index (χ2n) is 3.02. The maximum atomic E-state index is 2.41. The minimum Gasteiger partial charge on any atom is -0.0715 e. The third-order valence-corrected chi connectivity index (χ3v) is 8.61. The standard InChI is InChI=1S/C6H16Si3/c1-8(2)5-7-6-9(3)4/h5-6H2,1-4H3. The number of hydrogen-bond acceptors (Lipinski definition) is 0. The summed E-state index contributed by atoms with van der Waals surface area (Å²) in [5.41, 5.74) is 3.11. The maximum absolute atomic E-state index is 2.41. The van der Waals surface area contributed by atoms with Crippen LogP contribution < -0.4 is 0 Å². The molecular formula is C6H16Si3. The summed E-state index contributed by atoms with van der Waals surface area (Å²) in [5.74, 6) is 0. The van der Waals surface area contributed by atoms with Gasteiger partial charge in [0.15, 0.2) is 0 Å². The van der Waals surface area contributed by atoms with E-state index in [1.54, 1.807) is 11.3 Å². The predicted molar refractivity (Wildman–Crippen MR) is 50.3 cm³/mol. The zero-order valence-corrected chi connectivity index (χ0v) is 9.91. The number of rotatable bonds is 4. The summed E-state index contributed by atoms with van der Waals surface area (Å²) in [5, 5.41) is 0. The fourth-order valence-corrected chi connectivity index (χ4v) is 6.19. The van der Waals surface area contributed by atoms with Crippen molar-refractivity contribution < 1.29 is 0 Å². The predicted octanol–water partition coefficient (Wildman–Crippen LogP) is 2.11. The third kappa shape index (κ3) is 8.65. The van der Waals surface area contributed by atoms with Crippen LogP contribution in [0.5, 0.6) is 0 Å². The summed E-state index contributed by atoms with van der Waals surface area (Å²) in [6.07, 6.45) is 0. The lowest BCUT2D eigenvalue weighted by molar-refractivity contribution is 1.71. The van der Waals surface area contributed by atoms with Crippen LogP contribution in [0.1, 0.15) is 0 Å². The Kier molecular flexibility index (Phi) is 5.83. The van der Waals surface area contributed by atoms with Crippen LogP contribution >= 0.6 is 0 Å². The second kappa shape index (κ2) is 5.44. The molecule has 0 bridgehead atoms. The van der Waals surface area contributed by atoms with Crippen molar-refractivity contribution >= 4 is 27.1 Å². The molecule has 0 saturated heterocycles. The molecule has 0 aromatic carbocycles. The molecule has 0 amide bonds. The molecule has 0 spiro atoms. The van der Waals surface area contributed by atoms with E-state index in [2.05, 4.69) is 26.2 Å². The molecule has 0 aliphatic carbocycles. The Morgan fingerprint density at radius 2 is 1.22 bits per heavy atom. The first-order valence-corrected chi connectivity index (χ1v) is 10.2. The molecule has 9 heavy (non-hydrogen) atoms. The second-order valence-corrected chi connectivity index (χ2v) is 11.2. The fraction of sp³-hybridized carbons (Fsp3) is 1.00. The highest BCUT2D eigenvalue weighted by atomic mass is 28.3. The smallest absolute Gasteiger partial charge is 0.0380 e. The van der Waals surface area contributed by atoms with E-state index in [1.165, 1.54) is 9.52 Å². The van der Waals surface area contributed by atoms with Crippen molar-refractivity contribution in [2.45, 2.75) is 37.5 Å². The molecule has 0 aromatic heterocycles. The van der Waals surface area contributed by atoms with Crippen molar-refractivity contribution in [1.82, 2.24) is 0 Å². The van der Waals surface area contributed by atoms with Gasteiger partial charge in [0.25, 0.3) is 0 Å². The number of hydrogen-bond donors (Lipinski definition) is 0. The molecule has 0 saturated carbocycles. The molecule has 0 N–H and O–H groups in total. The monoisotopic (exact) mass is 172 g/mol. The first kappa shape index (κ1) is 9.65. The fourth-order valence-electron chi connectivity index (χ4n) is 0.562. The minimum absolute atomic E-state index is 0.0984. The molecule has 0 unspecified atom stereocenters. The molecule has 4 radical (unpaired) electrons. The molecule has 0 fully saturated rings. The molecule has 52 valence electrons. The molecule has 0 aromatic rings. The van der Waals surface area contributed by atoms with Gasteiger partial charge in [0.1, 0.15) is 0 Å². The van der Waals surface area contributed by atoms with Crippen molar-refractivity contribution in [3.63, 3.8) is 0 Å². The van der Waals surface area contributed by atoms with Gasteiger partial charge in [-0.25, -0.2) is 0 Å². The molecule has 0 aliphatic heterocycles. The summed E-state index contributed by atoms with van der Waals surface area (Å²) in [6, 6.07) is 0. The Morgan fingerprint density at radius 3 is 1.44 bits per heavy atom. The van der Waals surface area contributed by atoms with E-state index >= 15 is 0 Å². The van der Waals surface area contributed by atoms with Crippen molar-refractivity contribution in [3.8, 4) is 0 Å². The van der Waals surface area contributed by atoms with Crippen molar-refractivity contribution in [3.05, 3.63) is 0 Å². The van der Waals surface area contributed by atoms with Crippen LogP contribution in [-0.4, -0.2) is 27.1 Å². The zero-order valence-electron chi connectivity index (χ0n) is 6.91. The van der Waals surface area contributed by atoms with E-state index in [0.29, 0.717) is 0 Å². The minimum atomic E-state index is 0.0984. The largest absolute Gasteiger partial charge is 0.0715 e. The summed E-state index contributed by atoms with van der Waals surface area (Å²) in [6.45, 7) is 9.65. The Morgan fingerprint density at radius 1 is 0.889 bits per heavy atom. The first-order valence-electron chi connectivity index (χ1n) is 3.41. The molecule has 0 atom stereocenters. The summed E-state index contributed by atoms with van der Waals surface area (Å²) in [4.78, 5) is 0. The highest BCUT2D eigenvalue weighted by Gasteiger charge is 1.99. The Hall–Kier alpha value is 0.651. The van der Waals surface area contributed by atoms with Gasteiger partial charge in [0.05, 0.1) is 0 Å². The quantitative estimate of drug-likeness (QED) is 0.570. The van der Waals surface area contributed by atoms with Gasteiger partial charge in [0.2, 0.25) is 0 Å². The van der Waals surface area contributed by atoms with Crippen molar-refractivity contribution in [2.75, 3.05) is 0 Å².